The number of imide groups is 1. The quantitative estimate of drug-likeness (QED) is 0.0297. The van der Waals surface area contributed by atoms with E-state index in [4.69, 9.17) is 81.5 Å². The van der Waals surface area contributed by atoms with Gasteiger partial charge in [0.05, 0.1) is 236 Å². The number of H-pyrrole nitrogens is 1. The van der Waals surface area contributed by atoms with E-state index in [1.165, 1.54) is 30.5 Å². The molecule has 0 saturated carbocycles. The second kappa shape index (κ2) is 50.4. The summed E-state index contributed by atoms with van der Waals surface area (Å²) in [7, 11) is 0. The van der Waals surface area contributed by atoms with Crippen molar-refractivity contribution in [2.75, 3.05) is 236 Å². The zero-order chi connectivity index (χ0) is 63.5. The number of nitrogens with one attached hydrogen (secondary N) is 4. The van der Waals surface area contributed by atoms with Gasteiger partial charge in [0.25, 0.3) is 23.3 Å². The average molecular weight is 1270 g/mol. The Labute approximate surface area is 516 Å². The van der Waals surface area contributed by atoms with Crippen LogP contribution in [0.4, 0.5) is 11.6 Å². The molecule has 0 saturated heterocycles. The van der Waals surface area contributed by atoms with Crippen LogP contribution in [0.5, 0.6) is 0 Å². The number of ether oxygens (including phenoxy) is 16. The third kappa shape index (κ3) is 37.5. The van der Waals surface area contributed by atoms with Gasteiger partial charge in [0, 0.05) is 36.4 Å². The smallest absolute Gasteiger partial charge is 0.326 e. The van der Waals surface area contributed by atoms with Crippen LogP contribution in [0.25, 0.3) is 11.2 Å². The molecular weight excluding hydrogens is 1180 g/mol. The molecule has 0 aliphatic carbocycles. The summed E-state index contributed by atoms with van der Waals surface area (Å²) in [5.74, 6) is -2.97. The lowest BCUT2D eigenvalue weighted by Crippen LogP contribution is -2.41. The minimum atomic E-state index is -1.29. The fourth-order valence-electron chi connectivity index (χ4n) is 7.32. The van der Waals surface area contributed by atoms with Gasteiger partial charge in [-0.05, 0) is 30.7 Å². The van der Waals surface area contributed by atoms with Crippen molar-refractivity contribution < 1.29 is 105 Å². The van der Waals surface area contributed by atoms with Crippen molar-refractivity contribution in [2.24, 2.45) is 0 Å². The molecule has 32 heteroatoms. The topological polar surface area (TPSA) is 390 Å². The Morgan fingerprint density at radius 3 is 1.27 bits per heavy atom. The molecule has 0 spiro atoms. The summed E-state index contributed by atoms with van der Waals surface area (Å²) in [6, 6.07) is 5.00. The zero-order valence-corrected chi connectivity index (χ0v) is 50.6. The van der Waals surface area contributed by atoms with Gasteiger partial charge in [0.2, 0.25) is 11.9 Å². The van der Waals surface area contributed by atoms with Crippen molar-refractivity contribution in [2.45, 2.75) is 25.4 Å². The molecule has 1 atom stereocenters. The number of carbonyl (C=O) groups is 5. The summed E-state index contributed by atoms with van der Waals surface area (Å²) in [4.78, 5) is 87.9. The summed E-state index contributed by atoms with van der Waals surface area (Å²) >= 11 is 0. The van der Waals surface area contributed by atoms with Crippen LogP contribution in [0.15, 0.2) is 47.4 Å². The highest BCUT2D eigenvalue weighted by Crippen LogP contribution is 2.13. The van der Waals surface area contributed by atoms with E-state index in [0.717, 1.165) is 4.90 Å². The fourth-order valence-corrected chi connectivity index (χ4v) is 7.32. The number of aromatic amines is 1. The largest absolute Gasteiger partial charge is 0.480 e. The van der Waals surface area contributed by atoms with Gasteiger partial charge in [0.1, 0.15) is 6.04 Å². The van der Waals surface area contributed by atoms with Crippen molar-refractivity contribution in [1.82, 2.24) is 35.5 Å². The monoisotopic (exact) mass is 1270 g/mol. The number of anilines is 2. The molecule has 3 heterocycles. The normalized spacial score (nSPS) is 12.6. The number of aliphatic carboxylic acids is 1. The number of nitrogen functional groups attached to an aromatic ring is 1. The van der Waals surface area contributed by atoms with Crippen LogP contribution >= 0.6 is 0 Å². The highest BCUT2D eigenvalue weighted by Gasteiger charge is 2.23. The van der Waals surface area contributed by atoms with E-state index in [1.807, 2.05) is 0 Å². The van der Waals surface area contributed by atoms with Gasteiger partial charge in [-0.25, -0.2) is 14.8 Å². The molecule has 4 amide bonds. The number of carbonyl (C=O) groups excluding carboxylic acids is 4. The first-order valence-electron chi connectivity index (χ1n) is 29.5. The summed E-state index contributed by atoms with van der Waals surface area (Å²) in [5, 5.41) is 17.9. The molecule has 89 heavy (non-hydrogen) atoms. The molecule has 1 aliphatic rings. The number of nitrogens with two attached hydrogens (primary N) is 1. The molecule has 0 unspecified atom stereocenters. The van der Waals surface area contributed by atoms with Crippen LogP contribution in [-0.2, 0) is 102 Å². The number of carboxylic acid groups (broad SMARTS) is 1. The number of hydrogen-bond donors (Lipinski definition) is 6. The van der Waals surface area contributed by atoms with Gasteiger partial charge < -0.3 is 103 Å². The molecule has 1 aliphatic heterocycles. The predicted octanol–water partition coefficient (Wildman–Crippen LogP) is -0.823. The van der Waals surface area contributed by atoms with Gasteiger partial charge in [-0.1, -0.05) is 0 Å². The number of amides is 4. The number of carboxylic acids is 1. The Balaban J connectivity index is 0.765. The summed E-state index contributed by atoms with van der Waals surface area (Å²) in [6.45, 7) is 14.0. The lowest BCUT2D eigenvalue weighted by atomic mass is 10.1. The first-order valence-corrected chi connectivity index (χ1v) is 29.5. The molecule has 1 aromatic carbocycles. The van der Waals surface area contributed by atoms with Gasteiger partial charge in [-0.3, -0.25) is 33.9 Å². The number of fused-ring (bicyclic) bond motifs is 1. The Morgan fingerprint density at radius 1 is 0.517 bits per heavy atom. The minimum absolute atomic E-state index is 0.0478. The minimum Gasteiger partial charge on any atom is -0.480 e. The Kier molecular flexibility index (Phi) is 42.6. The molecule has 32 nitrogen and oxygen atoms in total. The maximum atomic E-state index is 12.8. The van der Waals surface area contributed by atoms with E-state index in [-0.39, 0.29) is 86.1 Å². The lowest BCUT2D eigenvalue weighted by Gasteiger charge is -2.15. The van der Waals surface area contributed by atoms with Gasteiger partial charge in [0.15, 0.2) is 11.2 Å². The molecule has 0 bridgehead atoms. The van der Waals surface area contributed by atoms with Gasteiger partial charge in [-0.2, -0.15) is 4.98 Å². The molecule has 3 aromatic rings. The standard InChI is InChI=1S/C57H89N9O23/c58-57-64-53-52(55(71)65-57)62-47(44-61-53)43-60-46-3-1-45(2-4-46)54(70)63-48(56(72)73)5-6-49(67)59-9-11-74-13-15-76-17-19-78-21-23-80-25-27-82-29-31-84-33-35-86-37-39-88-41-42-89-40-38-87-36-34-85-32-30-83-28-26-81-24-22-79-20-18-77-16-14-75-12-10-66-50(68)7-8-51(66)69/h1-4,7-8,44,48,60H,5-6,9-43H2,(H,59,67)(H,63,70)(H,72,73)(H3,58,61,64,65,71)/t48-/m0/s1. The van der Waals surface area contributed by atoms with Crippen LogP contribution in [0, 0.1) is 0 Å². The highest BCUT2D eigenvalue weighted by molar-refractivity contribution is 6.12. The Hall–Kier alpha value is -6.31. The summed E-state index contributed by atoms with van der Waals surface area (Å²) in [5.41, 5.74) is 6.52. The first-order chi connectivity index (χ1) is 43.6. The molecule has 0 radical (unpaired) electrons. The fraction of sp³-hybridized carbons (Fsp3) is 0.667. The van der Waals surface area contributed by atoms with Crippen molar-refractivity contribution >= 4 is 52.4 Å². The predicted molar refractivity (Wildman–Crippen MR) is 316 cm³/mol. The number of aromatic nitrogens is 4. The van der Waals surface area contributed by atoms with Crippen LogP contribution in [0.2, 0.25) is 0 Å². The van der Waals surface area contributed by atoms with Gasteiger partial charge >= 0.3 is 5.97 Å². The maximum absolute atomic E-state index is 12.8. The third-order valence-electron chi connectivity index (χ3n) is 11.9. The molecule has 4 rings (SSSR count). The first kappa shape index (κ1) is 75.2. The van der Waals surface area contributed by atoms with E-state index in [0.29, 0.717) is 210 Å². The number of nitrogens with zero attached hydrogens (tertiary/aromatic N) is 4. The summed E-state index contributed by atoms with van der Waals surface area (Å²) < 4.78 is 87.8. The Bertz CT molecular complexity index is 2460. The molecule has 2 aromatic heterocycles. The van der Waals surface area contributed by atoms with Crippen molar-refractivity contribution in [3.05, 3.63) is 64.2 Å². The van der Waals surface area contributed by atoms with Crippen LogP contribution in [0.3, 0.4) is 0 Å². The van der Waals surface area contributed by atoms with E-state index in [2.05, 4.69) is 35.9 Å². The van der Waals surface area contributed by atoms with E-state index in [1.54, 1.807) is 12.1 Å². The van der Waals surface area contributed by atoms with Crippen molar-refractivity contribution in [1.29, 1.82) is 0 Å². The highest BCUT2D eigenvalue weighted by atomic mass is 16.6. The molecular formula is C57H89N9O23. The van der Waals surface area contributed by atoms with E-state index in [9.17, 15) is 33.9 Å². The number of benzene rings is 1. The Morgan fingerprint density at radius 2 is 0.888 bits per heavy atom. The van der Waals surface area contributed by atoms with E-state index >= 15 is 0 Å². The number of rotatable bonds is 60. The van der Waals surface area contributed by atoms with Crippen LogP contribution < -0.4 is 27.2 Å². The second-order valence-corrected chi connectivity index (χ2v) is 18.6. The maximum Gasteiger partial charge on any atom is 0.326 e. The molecule has 0 fully saturated rings. The van der Waals surface area contributed by atoms with Crippen molar-refractivity contribution in [3.8, 4) is 0 Å². The summed E-state index contributed by atoms with van der Waals surface area (Å²) in [6.07, 6.45) is 3.71. The average Bonchev–Trinajstić information content (AvgIpc) is 2.21. The lowest BCUT2D eigenvalue weighted by molar-refractivity contribution is -0.140. The molecule has 500 valence electrons. The van der Waals surface area contributed by atoms with E-state index < -0.39 is 23.5 Å². The van der Waals surface area contributed by atoms with Gasteiger partial charge in [-0.15, -0.1) is 0 Å². The van der Waals surface area contributed by atoms with Crippen LogP contribution in [-0.4, -0.2) is 290 Å². The SMILES string of the molecule is Nc1nc2ncc(CNc3ccc(C(=O)N[C@@H](CCC(=O)NCCOCCOCCOCCOCCOCCOCCOCCOCCOCCOCCOCCOCCOCCOCCOCCOCCN4C(=O)C=CC4=O)C(=O)O)cc3)nc2c(=O)[nH]1. The number of hydrogen-bond acceptors (Lipinski definition) is 27. The van der Waals surface area contributed by atoms with Crippen molar-refractivity contribution in [3.63, 3.8) is 0 Å². The van der Waals surface area contributed by atoms with Crippen LogP contribution in [0.1, 0.15) is 28.9 Å². The zero-order valence-electron chi connectivity index (χ0n) is 50.6. The molecule has 7 N–H and O–H groups in total. The third-order valence-corrected chi connectivity index (χ3v) is 11.9. The second-order valence-electron chi connectivity index (χ2n) is 18.6.